The number of ketones is 1. The summed E-state index contributed by atoms with van der Waals surface area (Å²) in [4.78, 5) is 10.8. The number of allylic oxidation sites excluding steroid dienone is 3. The second-order valence-electron chi connectivity index (χ2n) is 3.61. The van der Waals surface area contributed by atoms with Crippen molar-refractivity contribution in [2.24, 2.45) is 0 Å². The maximum Gasteiger partial charge on any atom is 0.152 e. The molecule has 16 heavy (non-hydrogen) atoms. The first-order valence-corrected chi connectivity index (χ1v) is 5.13. The first kappa shape index (κ1) is 12.2. The Bertz CT molecular complexity index is 411. The minimum Gasteiger partial charge on any atom is -0.497 e. The monoisotopic (exact) mass is 216 g/mol. The average molecular weight is 216 g/mol. The SMILES string of the molecule is COc1ccc(/C=C(C)/C=C/C(C)=O)cc1. The molecule has 1 aromatic rings. The fourth-order valence-electron chi connectivity index (χ4n) is 1.26. The highest BCUT2D eigenvalue weighted by atomic mass is 16.5. The largest absolute Gasteiger partial charge is 0.497 e. The molecule has 1 aromatic carbocycles. The van der Waals surface area contributed by atoms with Gasteiger partial charge in [0.05, 0.1) is 7.11 Å². The molecule has 84 valence electrons. The van der Waals surface area contributed by atoms with Crippen LogP contribution in [0.4, 0.5) is 0 Å². The Labute approximate surface area is 96.2 Å². The van der Waals surface area contributed by atoms with E-state index in [9.17, 15) is 4.79 Å². The number of methoxy groups -OCH3 is 1. The van der Waals surface area contributed by atoms with E-state index in [0.29, 0.717) is 0 Å². The van der Waals surface area contributed by atoms with E-state index in [2.05, 4.69) is 0 Å². The summed E-state index contributed by atoms with van der Waals surface area (Å²) in [5.41, 5.74) is 2.13. The molecule has 0 aliphatic heterocycles. The van der Waals surface area contributed by atoms with Gasteiger partial charge < -0.3 is 4.74 Å². The summed E-state index contributed by atoms with van der Waals surface area (Å²) in [5.74, 6) is 0.900. The molecule has 0 aliphatic rings. The van der Waals surface area contributed by atoms with Gasteiger partial charge in [-0.25, -0.2) is 0 Å². The molecule has 0 aliphatic carbocycles. The maximum atomic E-state index is 10.8. The lowest BCUT2D eigenvalue weighted by atomic mass is 10.1. The zero-order valence-corrected chi connectivity index (χ0v) is 9.86. The maximum absolute atomic E-state index is 10.8. The first-order chi connectivity index (χ1) is 7.61. The standard InChI is InChI=1S/C14H16O2/c1-11(4-5-12(2)15)10-13-6-8-14(16-3)9-7-13/h4-10H,1-3H3/b5-4+,11-10+. The molecular formula is C14H16O2. The van der Waals surface area contributed by atoms with Gasteiger partial charge in [-0.15, -0.1) is 0 Å². The molecule has 0 fully saturated rings. The van der Waals surface area contributed by atoms with E-state index in [-0.39, 0.29) is 5.78 Å². The third-order valence-electron chi connectivity index (χ3n) is 2.09. The average Bonchev–Trinajstić information content (AvgIpc) is 2.27. The molecule has 0 atom stereocenters. The van der Waals surface area contributed by atoms with Gasteiger partial charge in [-0.2, -0.15) is 0 Å². The summed E-state index contributed by atoms with van der Waals surface area (Å²) < 4.78 is 5.07. The van der Waals surface area contributed by atoms with E-state index in [1.54, 1.807) is 13.2 Å². The van der Waals surface area contributed by atoms with E-state index in [1.807, 2.05) is 43.3 Å². The topological polar surface area (TPSA) is 26.3 Å². The summed E-state index contributed by atoms with van der Waals surface area (Å²) >= 11 is 0. The lowest BCUT2D eigenvalue weighted by Gasteiger charge is -1.99. The minimum atomic E-state index is 0.0579. The highest BCUT2D eigenvalue weighted by molar-refractivity contribution is 5.87. The number of hydrogen-bond acceptors (Lipinski definition) is 2. The van der Waals surface area contributed by atoms with Crippen molar-refractivity contribution in [3.63, 3.8) is 0 Å². The zero-order valence-electron chi connectivity index (χ0n) is 9.86. The number of carbonyl (C=O) groups is 1. The highest BCUT2D eigenvalue weighted by Gasteiger charge is 1.91. The predicted molar refractivity (Wildman–Crippen MR) is 66.5 cm³/mol. The molecule has 0 heterocycles. The quantitative estimate of drug-likeness (QED) is 0.570. The second kappa shape index (κ2) is 5.91. The Morgan fingerprint density at radius 1 is 1.12 bits per heavy atom. The van der Waals surface area contributed by atoms with Crippen LogP contribution in [0, 0.1) is 0 Å². The molecule has 1 rings (SSSR count). The second-order valence-corrected chi connectivity index (χ2v) is 3.61. The highest BCUT2D eigenvalue weighted by Crippen LogP contribution is 2.14. The van der Waals surface area contributed by atoms with Gasteiger partial charge in [-0.3, -0.25) is 4.79 Å². The smallest absolute Gasteiger partial charge is 0.152 e. The van der Waals surface area contributed by atoms with Crippen LogP contribution in [-0.2, 0) is 4.79 Å². The van der Waals surface area contributed by atoms with Gasteiger partial charge in [0, 0.05) is 0 Å². The summed E-state index contributed by atoms with van der Waals surface area (Å²) in [6.07, 6.45) is 5.39. The van der Waals surface area contributed by atoms with Crippen LogP contribution < -0.4 is 4.74 Å². The molecular weight excluding hydrogens is 200 g/mol. The van der Waals surface area contributed by atoms with Crippen molar-refractivity contribution in [2.45, 2.75) is 13.8 Å². The van der Waals surface area contributed by atoms with Crippen LogP contribution in [0.25, 0.3) is 6.08 Å². The zero-order chi connectivity index (χ0) is 12.0. The molecule has 0 N–H and O–H groups in total. The van der Waals surface area contributed by atoms with Crippen molar-refractivity contribution in [3.05, 3.63) is 47.6 Å². The van der Waals surface area contributed by atoms with Crippen molar-refractivity contribution < 1.29 is 9.53 Å². The van der Waals surface area contributed by atoms with Crippen LogP contribution >= 0.6 is 0 Å². The summed E-state index contributed by atoms with van der Waals surface area (Å²) in [7, 11) is 1.64. The number of rotatable bonds is 4. The third-order valence-corrected chi connectivity index (χ3v) is 2.09. The van der Waals surface area contributed by atoms with Crippen LogP contribution in [0.2, 0.25) is 0 Å². The number of benzene rings is 1. The van der Waals surface area contributed by atoms with Crippen molar-refractivity contribution in [3.8, 4) is 5.75 Å². The van der Waals surface area contributed by atoms with Gasteiger partial charge in [-0.05, 0) is 37.6 Å². The van der Waals surface area contributed by atoms with Crippen LogP contribution in [0.5, 0.6) is 5.75 Å². The van der Waals surface area contributed by atoms with Gasteiger partial charge in [0.2, 0.25) is 0 Å². The number of carbonyl (C=O) groups excluding carboxylic acids is 1. The van der Waals surface area contributed by atoms with Gasteiger partial charge in [-0.1, -0.05) is 29.9 Å². The summed E-state index contributed by atoms with van der Waals surface area (Å²) in [6, 6.07) is 7.77. The Morgan fingerprint density at radius 3 is 2.25 bits per heavy atom. The van der Waals surface area contributed by atoms with Gasteiger partial charge in [0.25, 0.3) is 0 Å². The third kappa shape index (κ3) is 4.13. The molecule has 0 aromatic heterocycles. The van der Waals surface area contributed by atoms with Crippen molar-refractivity contribution in [1.29, 1.82) is 0 Å². The van der Waals surface area contributed by atoms with E-state index < -0.39 is 0 Å². The van der Waals surface area contributed by atoms with Crippen LogP contribution in [0.3, 0.4) is 0 Å². The number of hydrogen-bond donors (Lipinski definition) is 0. The molecule has 0 bridgehead atoms. The minimum absolute atomic E-state index is 0.0579. The van der Waals surface area contributed by atoms with Crippen molar-refractivity contribution >= 4 is 11.9 Å². The fourth-order valence-corrected chi connectivity index (χ4v) is 1.26. The Kier molecular flexibility index (Phi) is 4.52. The van der Waals surface area contributed by atoms with Crippen LogP contribution in [0.15, 0.2) is 42.0 Å². The van der Waals surface area contributed by atoms with Crippen molar-refractivity contribution in [1.82, 2.24) is 0 Å². The molecule has 2 heteroatoms. The lowest BCUT2D eigenvalue weighted by Crippen LogP contribution is -1.82. The predicted octanol–water partition coefficient (Wildman–Crippen LogP) is 3.24. The molecule has 0 unspecified atom stereocenters. The normalized spacial score (nSPS) is 11.8. The van der Waals surface area contributed by atoms with E-state index in [1.165, 1.54) is 6.92 Å². The summed E-state index contributed by atoms with van der Waals surface area (Å²) in [5, 5.41) is 0. The molecule has 0 saturated carbocycles. The summed E-state index contributed by atoms with van der Waals surface area (Å²) in [6.45, 7) is 3.50. The molecule has 0 radical (unpaired) electrons. The molecule has 0 spiro atoms. The van der Waals surface area contributed by atoms with Gasteiger partial charge >= 0.3 is 0 Å². The Balaban J connectivity index is 2.77. The van der Waals surface area contributed by atoms with Gasteiger partial charge in [0.1, 0.15) is 5.75 Å². The molecule has 0 saturated heterocycles. The van der Waals surface area contributed by atoms with Gasteiger partial charge in [0.15, 0.2) is 5.78 Å². The van der Waals surface area contributed by atoms with E-state index >= 15 is 0 Å². The Hall–Kier alpha value is -1.83. The Morgan fingerprint density at radius 2 is 1.75 bits per heavy atom. The van der Waals surface area contributed by atoms with E-state index in [4.69, 9.17) is 4.74 Å². The lowest BCUT2D eigenvalue weighted by molar-refractivity contribution is -0.112. The fraction of sp³-hybridized carbons (Fsp3) is 0.214. The molecule has 0 amide bonds. The molecule has 2 nitrogen and oxygen atoms in total. The van der Waals surface area contributed by atoms with Crippen LogP contribution in [0.1, 0.15) is 19.4 Å². The van der Waals surface area contributed by atoms with E-state index in [0.717, 1.165) is 16.9 Å². The van der Waals surface area contributed by atoms with Crippen molar-refractivity contribution in [2.75, 3.05) is 7.11 Å². The first-order valence-electron chi connectivity index (χ1n) is 5.13. The van der Waals surface area contributed by atoms with Crippen LogP contribution in [-0.4, -0.2) is 12.9 Å². The number of ether oxygens (including phenoxy) is 1.